The number of nitrogens with zero attached hydrogens (tertiary/aromatic N) is 1. The predicted octanol–water partition coefficient (Wildman–Crippen LogP) is 3.13. The molecule has 0 bridgehead atoms. The Hall–Kier alpha value is -2.02. The number of rotatable bonds is 8. The summed E-state index contributed by atoms with van der Waals surface area (Å²) in [5, 5.41) is 2.75. The number of carbonyl (C=O) groups excluding carboxylic acids is 1. The summed E-state index contributed by atoms with van der Waals surface area (Å²) >= 11 is 1.58. The third kappa shape index (κ3) is 4.78. The van der Waals surface area contributed by atoms with Crippen LogP contribution in [0.1, 0.15) is 17.2 Å². The topological polar surface area (TPSA) is 67.6 Å². The zero-order valence-electron chi connectivity index (χ0n) is 15.0. The van der Waals surface area contributed by atoms with Crippen LogP contribution in [0.2, 0.25) is 0 Å². The van der Waals surface area contributed by atoms with Gasteiger partial charge in [-0.2, -0.15) is 0 Å². The van der Waals surface area contributed by atoms with Crippen LogP contribution < -0.4 is 15.8 Å². The maximum atomic E-state index is 12.4. The molecular weight excluding hydrogens is 346 g/mol. The normalized spacial score (nSPS) is 16.3. The van der Waals surface area contributed by atoms with Gasteiger partial charge < -0.3 is 20.7 Å². The molecule has 1 aliphatic heterocycles. The van der Waals surface area contributed by atoms with Crippen LogP contribution in [0, 0.1) is 0 Å². The van der Waals surface area contributed by atoms with Crippen molar-refractivity contribution < 1.29 is 9.53 Å². The first kappa shape index (κ1) is 18.8. The van der Waals surface area contributed by atoms with Crippen molar-refractivity contribution in [1.82, 2.24) is 4.90 Å². The fraction of sp³-hybridized carbons (Fsp3) is 0.350. The second-order valence-corrected chi connectivity index (χ2v) is 7.49. The number of hydrogen-bond donors (Lipinski definition) is 2. The second-order valence-electron chi connectivity index (χ2n) is 6.35. The lowest BCUT2D eigenvalue weighted by Gasteiger charge is -2.24. The van der Waals surface area contributed by atoms with Crippen LogP contribution in [0.15, 0.2) is 53.4 Å². The van der Waals surface area contributed by atoms with Crippen molar-refractivity contribution in [1.29, 1.82) is 0 Å². The molecule has 0 saturated carbocycles. The number of nitrogens with two attached hydrogens (primary N) is 1. The van der Waals surface area contributed by atoms with Gasteiger partial charge in [-0.3, -0.25) is 4.79 Å². The number of para-hydroxylation sites is 1. The van der Waals surface area contributed by atoms with E-state index in [2.05, 4.69) is 17.3 Å². The average Bonchev–Trinajstić information content (AvgIpc) is 2.65. The van der Waals surface area contributed by atoms with Gasteiger partial charge in [0.05, 0.1) is 12.3 Å². The van der Waals surface area contributed by atoms with E-state index < -0.39 is 0 Å². The molecule has 138 valence electrons. The molecule has 1 amide bonds. The number of nitrogens with one attached hydrogen (secondary N) is 1. The van der Waals surface area contributed by atoms with Crippen molar-refractivity contribution in [3.63, 3.8) is 0 Å². The molecule has 1 heterocycles. The number of ether oxygens (including phenoxy) is 1. The van der Waals surface area contributed by atoms with Gasteiger partial charge >= 0.3 is 0 Å². The molecular formula is C20H25N3O2S. The number of fused-ring (bicyclic) bond motifs is 1. The van der Waals surface area contributed by atoms with Crippen LogP contribution in [0.25, 0.3) is 0 Å². The van der Waals surface area contributed by atoms with E-state index in [4.69, 9.17) is 10.5 Å². The third-order valence-corrected chi connectivity index (χ3v) is 5.61. The minimum Gasteiger partial charge on any atom is -0.494 e. The largest absolute Gasteiger partial charge is 0.494 e. The highest BCUT2D eigenvalue weighted by atomic mass is 32.2. The Labute approximate surface area is 158 Å². The van der Waals surface area contributed by atoms with Crippen molar-refractivity contribution in [2.75, 3.05) is 38.6 Å². The fourth-order valence-electron chi connectivity index (χ4n) is 2.87. The quantitative estimate of drug-likeness (QED) is 0.698. The van der Waals surface area contributed by atoms with Gasteiger partial charge in [-0.05, 0) is 43.3 Å². The van der Waals surface area contributed by atoms with Crippen LogP contribution in [0.5, 0.6) is 5.75 Å². The Balaban J connectivity index is 1.54. The van der Waals surface area contributed by atoms with E-state index in [1.807, 2.05) is 48.5 Å². The average molecular weight is 372 g/mol. The van der Waals surface area contributed by atoms with Gasteiger partial charge in [-0.1, -0.05) is 24.3 Å². The standard InChI is InChI=1S/C20H25N3O2S/c1-23(13-11-21)12-4-14-25-16-9-7-15(8-10-16)19-20(24)22-17-5-2-3-6-18(17)26-19/h2-3,5-10,19H,4,11-14,21H2,1H3,(H,22,24). The zero-order valence-corrected chi connectivity index (χ0v) is 15.8. The van der Waals surface area contributed by atoms with E-state index in [1.165, 1.54) is 0 Å². The summed E-state index contributed by atoms with van der Waals surface area (Å²) in [6, 6.07) is 15.7. The number of anilines is 1. The van der Waals surface area contributed by atoms with E-state index in [9.17, 15) is 4.79 Å². The Bertz CT molecular complexity index is 736. The van der Waals surface area contributed by atoms with Crippen molar-refractivity contribution in [2.24, 2.45) is 5.73 Å². The Morgan fingerprint density at radius 1 is 1.15 bits per heavy atom. The summed E-state index contributed by atoms with van der Waals surface area (Å²) in [5.41, 5.74) is 7.40. The van der Waals surface area contributed by atoms with Gasteiger partial charge in [0.2, 0.25) is 5.91 Å². The van der Waals surface area contributed by atoms with Gasteiger partial charge in [0.15, 0.2) is 0 Å². The molecule has 1 atom stereocenters. The second kappa shape index (κ2) is 9.07. The minimum absolute atomic E-state index is 0.0188. The number of benzene rings is 2. The van der Waals surface area contributed by atoms with Gasteiger partial charge in [0.1, 0.15) is 11.0 Å². The Kier molecular flexibility index (Phi) is 6.55. The molecule has 2 aromatic rings. The van der Waals surface area contributed by atoms with Crippen molar-refractivity contribution in [3.05, 3.63) is 54.1 Å². The molecule has 1 unspecified atom stereocenters. The number of carbonyl (C=O) groups is 1. The number of amides is 1. The van der Waals surface area contributed by atoms with Gasteiger partial charge in [0.25, 0.3) is 0 Å². The molecule has 0 aromatic heterocycles. The molecule has 26 heavy (non-hydrogen) atoms. The van der Waals surface area contributed by atoms with E-state index in [1.54, 1.807) is 11.8 Å². The molecule has 2 aromatic carbocycles. The lowest BCUT2D eigenvalue weighted by Crippen LogP contribution is -2.27. The predicted molar refractivity (Wildman–Crippen MR) is 107 cm³/mol. The number of thioether (sulfide) groups is 1. The zero-order chi connectivity index (χ0) is 18.4. The minimum atomic E-state index is -0.233. The molecule has 1 aliphatic rings. The summed E-state index contributed by atoms with van der Waals surface area (Å²) in [6.45, 7) is 3.21. The molecule has 5 nitrogen and oxygen atoms in total. The van der Waals surface area contributed by atoms with Crippen LogP contribution in [0.3, 0.4) is 0 Å². The molecule has 6 heteroatoms. The monoisotopic (exact) mass is 371 g/mol. The van der Waals surface area contributed by atoms with Crippen molar-refractivity contribution in [2.45, 2.75) is 16.6 Å². The first-order valence-electron chi connectivity index (χ1n) is 8.85. The first-order valence-corrected chi connectivity index (χ1v) is 9.73. The fourth-order valence-corrected chi connectivity index (χ4v) is 3.98. The SMILES string of the molecule is CN(CCN)CCCOc1ccc(C2Sc3ccccc3NC2=O)cc1. The van der Waals surface area contributed by atoms with Crippen molar-refractivity contribution in [3.8, 4) is 5.75 Å². The van der Waals surface area contributed by atoms with Crippen LogP contribution in [-0.4, -0.2) is 44.1 Å². The summed E-state index contributed by atoms with van der Waals surface area (Å²) in [4.78, 5) is 15.7. The molecule has 0 spiro atoms. The summed E-state index contributed by atoms with van der Waals surface area (Å²) in [6.07, 6.45) is 0.954. The van der Waals surface area contributed by atoms with Gasteiger partial charge in [-0.25, -0.2) is 0 Å². The smallest absolute Gasteiger partial charge is 0.242 e. The Morgan fingerprint density at radius 3 is 2.69 bits per heavy atom. The van der Waals surface area contributed by atoms with E-state index >= 15 is 0 Å². The molecule has 3 rings (SSSR count). The highest BCUT2D eigenvalue weighted by Crippen LogP contribution is 2.43. The maximum absolute atomic E-state index is 12.4. The molecule has 0 radical (unpaired) electrons. The lowest BCUT2D eigenvalue weighted by molar-refractivity contribution is -0.115. The van der Waals surface area contributed by atoms with E-state index in [0.717, 1.165) is 41.4 Å². The third-order valence-electron chi connectivity index (χ3n) is 4.27. The molecule has 0 fully saturated rings. The van der Waals surface area contributed by atoms with E-state index in [0.29, 0.717) is 13.2 Å². The van der Waals surface area contributed by atoms with Crippen LogP contribution in [-0.2, 0) is 4.79 Å². The number of hydrogen-bond acceptors (Lipinski definition) is 5. The highest BCUT2D eigenvalue weighted by Gasteiger charge is 2.28. The van der Waals surface area contributed by atoms with Crippen LogP contribution in [0.4, 0.5) is 5.69 Å². The van der Waals surface area contributed by atoms with Gasteiger partial charge in [-0.15, -0.1) is 11.8 Å². The van der Waals surface area contributed by atoms with Crippen molar-refractivity contribution >= 4 is 23.4 Å². The number of likely N-dealkylation sites (N-methyl/N-ethyl adjacent to an activating group) is 1. The molecule has 3 N–H and O–H groups in total. The maximum Gasteiger partial charge on any atom is 0.242 e. The Morgan fingerprint density at radius 2 is 1.92 bits per heavy atom. The summed E-state index contributed by atoms with van der Waals surface area (Å²) in [7, 11) is 2.06. The molecule has 0 saturated heterocycles. The summed E-state index contributed by atoms with van der Waals surface area (Å²) < 4.78 is 5.79. The molecule has 0 aliphatic carbocycles. The highest BCUT2D eigenvalue weighted by molar-refractivity contribution is 8.00. The summed E-state index contributed by atoms with van der Waals surface area (Å²) in [5.74, 6) is 0.849. The first-order chi connectivity index (χ1) is 12.7. The van der Waals surface area contributed by atoms with Gasteiger partial charge in [0, 0.05) is 24.5 Å². The van der Waals surface area contributed by atoms with E-state index in [-0.39, 0.29) is 11.2 Å². The van der Waals surface area contributed by atoms with Crippen LogP contribution >= 0.6 is 11.8 Å². The lowest BCUT2D eigenvalue weighted by atomic mass is 10.1.